The maximum atomic E-state index is 10.8. The van der Waals surface area contributed by atoms with Crippen LogP contribution in [-0.4, -0.2) is 42.9 Å². The van der Waals surface area contributed by atoms with Crippen molar-refractivity contribution in [1.82, 2.24) is 14.5 Å². The minimum atomic E-state index is -0.833. The first-order valence-corrected chi connectivity index (χ1v) is 8.99. The molecule has 0 aromatic carbocycles. The Balaban J connectivity index is 2.32. The minimum Gasteiger partial charge on any atom is -0.481 e. The van der Waals surface area contributed by atoms with Crippen molar-refractivity contribution in [2.75, 3.05) is 12.0 Å². The number of hydrogen-bond acceptors (Lipinski definition) is 5. The Morgan fingerprint density at radius 1 is 1.52 bits per heavy atom. The monoisotopic (exact) mass is 325 g/mol. The molecule has 114 valence electrons. The van der Waals surface area contributed by atoms with Gasteiger partial charge in [0.2, 0.25) is 0 Å². The molecular formula is C14H19N3O2S2. The Morgan fingerprint density at radius 2 is 2.29 bits per heavy atom. The van der Waals surface area contributed by atoms with Gasteiger partial charge in [-0.2, -0.15) is 11.8 Å². The molecule has 0 aliphatic carbocycles. The molecular weight excluding hydrogens is 306 g/mol. The Morgan fingerprint density at radius 3 is 2.95 bits per heavy atom. The molecule has 0 bridgehead atoms. The molecule has 0 saturated heterocycles. The van der Waals surface area contributed by atoms with Crippen LogP contribution in [0, 0.1) is 6.92 Å². The van der Waals surface area contributed by atoms with Gasteiger partial charge in [-0.15, -0.1) is 0 Å². The summed E-state index contributed by atoms with van der Waals surface area (Å²) in [6, 6.07) is 1.99. The van der Waals surface area contributed by atoms with E-state index < -0.39 is 5.97 Å². The lowest BCUT2D eigenvalue weighted by Gasteiger charge is -2.11. The van der Waals surface area contributed by atoms with E-state index >= 15 is 0 Å². The number of aryl methyl sites for hydroxylation is 2. The third kappa shape index (κ3) is 4.14. The molecule has 2 aromatic rings. The van der Waals surface area contributed by atoms with Crippen molar-refractivity contribution in [3.05, 3.63) is 17.8 Å². The fourth-order valence-corrected chi connectivity index (χ4v) is 3.05. The number of rotatable bonds is 7. The van der Waals surface area contributed by atoms with Crippen LogP contribution in [0.3, 0.4) is 0 Å². The van der Waals surface area contributed by atoms with E-state index in [1.807, 2.05) is 35.5 Å². The van der Waals surface area contributed by atoms with Crippen LogP contribution >= 0.6 is 23.5 Å². The third-order valence-electron chi connectivity index (χ3n) is 3.17. The molecule has 2 rings (SSSR count). The van der Waals surface area contributed by atoms with Gasteiger partial charge in [-0.05, 0) is 31.2 Å². The molecule has 1 atom stereocenters. The zero-order valence-corrected chi connectivity index (χ0v) is 14.0. The maximum Gasteiger partial charge on any atom is 0.313 e. The van der Waals surface area contributed by atoms with Gasteiger partial charge in [0.25, 0.3) is 0 Å². The number of fused-ring (bicyclic) bond motifs is 1. The zero-order chi connectivity index (χ0) is 15.4. The zero-order valence-electron chi connectivity index (χ0n) is 12.4. The van der Waals surface area contributed by atoms with Crippen molar-refractivity contribution in [2.24, 2.45) is 0 Å². The number of imidazole rings is 1. The van der Waals surface area contributed by atoms with Gasteiger partial charge in [0.1, 0.15) is 5.52 Å². The molecule has 0 radical (unpaired) electrons. The molecule has 5 nitrogen and oxygen atoms in total. The van der Waals surface area contributed by atoms with Crippen LogP contribution in [0.2, 0.25) is 0 Å². The second-order valence-corrected chi connectivity index (χ2v) is 7.14. The second kappa shape index (κ2) is 7.17. The standard InChI is InChI=1S/C14H19N3O2S2/c1-9-6-11-13(15-7-9)17(5-4-10(2)20-3)14(16-11)21-8-12(18)19/h6-7,10H,4-5,8H2,1-3H3,(H,18,19). The van der Waals surface area contributed by atoms with Gasteiger partial charge in [-0.1, -0.05) is 18.7 Å². The molecule has 21 heavy (non-hydrogen) atoms. The van der Waals surface area contributed by atoms with Crippen molar-refractivity contribution >= 4 is 40.7 Å². The highest BCUT2D eigenvalue weighted by Crippen LogP contribution is 2.24. The number of aromatic nitrogens is 3. The van der Waals surface area contributed by atoms with Crippen LogP contribution in [0.25, 0.3) is 11.2 Å². The summed E-state index contributed by atoms with van der Waals surface area (Å²) in [6.07, 6.45) is 4.92. The van der Waals surface area contributed by atoms with Gasteiger partial charge >= 0.3 is 5.97 Å². The number of carbonyl (C=O) groups is 1. The van der Waals surface area contributed by atoms with Crippen LogP contribution in [0.1, 0.15) is 18.9 Å². The molecule has 2 aromatic heterocycles. The van der Waals surface area contributed by atoms with Gasteiger partial charge in [0.15, 0.2) is 10.8 Å². The predicted octanol–water partition coefficient (Wildman–Crippen LogP) is 3.06. The van der Waals surface area contributed by atoms with E-state index in [1.54, 1.807) is 0 Å². The van der Waals surface area contributed by atoms with E-state index in [0.29, 0.717) is 5.25 Å². The summed E-state index contributed by atoms with van der Waals surface area (Å²) >= 11 is 3.08. The first kappa shape index (κ1) is 16.2. The quantitative estimate of drug-likeness (QED) is 0.789. The fourth-order valence-electron chi connectivity index (χ4n) is 1.96. The van der Waals surface area contributed by atoms with E-state index in [-0.39, 0.29) is 5.75 Å². The summed E-state index contributed by atoms with van der Waals surface area (Å²) < 4.78 is 2.04. The number of thioether (sulfide) groups is 2. The summed E-state index contributed by atoms with van der Waals surface area (Å²) in [6.45, 7) is 4.97. The van der Waals surface area contributed by atoms with E-state index in [0.717, 1.165) is 34.8 Å². The summed E-state index contributed by atoms with van der Waals surface area (Å²) in [5.74, 6) is -0.819. The average Bonchev–Trinajstić information content (AvgIpc) is 2.79. The third-order valence-corrected chi connectivity index (χ3v) is 5.17. The molecule has 0 amide bonds. The lowest BCUT2D eigenvalue weighted by atomic mass is 10.3. The number of aliphatic carboxylic acids is 1. The SMILES string of the molecule is CSC(C)CCn1c(SCC(=O)O)nc2cc(C)cnc21. The van der Waals surface area contributed by atoms with Gasteiger partial charge < -0.3 is 9.67 Å². The van der Waals surface area contributed by atoms with Crippen LogP contribution in [0.5, 0.6) is 0 Å². The topological polar surface area (TPSA) is 68.0 Å². The smallest absolute Gasteiger partial charge is 0.313 e. The summed E-state index contributed by atoms with van der Waals surface area (Å²) in [5, 5.41) is 10.1. The van der Waals surface area contributed by atoms with Crippen molar-refractivity contribution in [3.63, 3.8) is 0 Å². The normalized spacial score (nSPS) is 12.7. The minimum absolute atomic E-state index is 0.0143. The Labute approximate surface area is 132 Å². The van der Waals surface area contributed by atoms with Gasteiger partial charge in [0.05, 0.1) is 5.75 Å². The Kier molecular flexibility index (Phi) is 5.52. The van der Waals surface area contributed by atoms with E-state index in [1.165, 1.54) is 11.8 Å². The first-order chi connectivity index (χ1) is 10.0. The first-order valence-electron chi connectivity index (χ1n) is 6.71. The molecule has 1 unspecified atom stereocenters. The molecule has 7 heteroatoms. The van der Waals surface area contributed by atoms with Crippen molar-refractivity contribution < 1.29 is 9.90 Å². The molecule has 0 saturated carbocycles. The highest BCUT2D eigenvalue weighted by Gasteiger charge is 2.14. The van der Waals surface area contributed by atoms with Gasteiger partial charge in [0, 0.05) is 18.0 Å². The highest BCUT2D eigenvalue weighted by atomic mass is 32.2. The average molecular weight is 325 g/mol. The number of nitrogens with zero attached hydrogens (tertiary/aromatic N) is 3. The van der Waals surface area contributed by atoms with Crippen molar-refractivity contribution in [3.8, 4) is 0 Å². The van der Waals surface area contributed by atoms with E-state index in [2.05, 4.69) is 23.1 Å². The van der Waals surface area contributed by atoms with E-state index in [4.69, 9.17) is 5.11 Å². The summed E-state index contributed by atoms with van der Waals surface area (Å²) in [5.41, 5.74) is 2.72. The lowest BCUT2D eigenvalue weighted by Crippen LogP contribution is -2.08. The van der Waals surface area contributed by atoms with Crippen molar-refractivity contribution in [2.45, 2.75) is 37.2 Å². The van der Waals surface area contributed by atoms with Crippen molar-refractivity contribution in [1.29, 1.82) is 0 Å². The molecule has 1 N–H and O–H groups in total. The number of carboxylic acids is 1. The van der Waals surface area contributed by atoms with Gasteiger partial charge in [-0.25, -0.2) is 9.97 Å². The molecule has 0 aliphatic rings. The van der Waals surface area contributed by atoms with Crippen LogP contribution < -0.4 is 0 Å². The molecule has 2 heterocycles. The van der Waals surface area contributed by atoms with Crippen LogP contribution in [0.4, 0.5) is 0 Å². The Hall–Kier alpha value is -1.21. The predicted molar refractivity (Wildman–Crippen MR) is 88.2 cm³/mol. The summed E-state index contributed by atoms with van der Waals surface area (Å²) in [4.78, 5) is 19.8. The van der Waals surface area contributed by atoms with Gasteiger partial charge in [-0.3, -0.25) is 4.79 Å². The number of carboxylic acid groups (broad SMARTS) is 1. The second-order valence-electron chi connectivity index (χ2n) is 4.92. The summed E-state index contributed by atoms with van der Waals surface area (Å²) in [7, 11) is 0. The van der Waals surface area contributed by atoms with Crippen LogP contribution in [-0.2, 0) is 11.3 Å². The largest absolute Gasteiger partial charge is 0.481 e. The fraction of sp³-hybridized carbons (Fsp3) is 0.500. The maximum absolute atomic E-state index is 10.8. The Bertz CT molecular complexity index is 642. The molecule has 0 fully saturated rings. The molecule has 0 aliphatic heterocycles. The number of pyridine rings is 1. The molecule has 0 spiro atoms. The number of hydrogen-bond donors (Lipinski definition) is 1. The lowest BCUT2D eigenvalue weighted by molar-refractivity contribution is -0.133. The van der Waals surface area contributed by atoms with E-state index in [9.17, 15) is 4.79 Å². The van der Waals surface area contributed by atoms with Crippen LogP contribution in [0.15, 0.2) is 17.4 Å². The highest BCUT2D eigenvalue weighted by molar-refractivity contribution is 7.99.